The summed E-state index contributed by atoms with van der Waals surface area (Å²) in [6.45, 7) is 0. The largest absolute Gasteiger partial charge is 0.496 e. The van der Waals surface area contributed by atoms with Crippen LogP contribution < -0.4 is 9.47 Å². The van der Waals surface area contributed by atoms with Crippen molar-refractivity contribution in [2.24, 2.45) is 0 Å². The van der Waals surface area contributed by atoms with Crippen LogP contribution in [-0.2, 0) is 6.42 Å². The number of rotatable bonds is 6. The van der Waals surface area contributed by atoms with Gasteiger partial charge in [-0.05, 0) is 53.6 Å². The Labute approximate surface area is 168 Å². The molecule has 0 atom stereocenters. The predicted molar refractivity (Wildman–Crippen MR) is 110 cm³/mol. The Balaban J connectivity index is 1.56. The van der Waals surface area contributed by atoms with E-state index in [1.54, 1.807) is 31.6 Å². The summed E-state index contributed by atoms with van der Waals surface area (Å²) >= 11 is 0. The van der Waals surface area contributed by atoms with Gasteiger partial charge in [0.05, 0.1) is 19.5 Å². The van der Waals surface area contributed by atoms with Crippen molar-refractivity contribution in [2.45, 2.75) is 6.42 Å². The van der Waals surface area contributed by atoms with Gasteiger partial charge < -0.3 is 9.47 Å². The van der Waals surface area contributed by atoms with E-state index in [4.69, 9.17) is 9.47 Å². The van der Waals surface area contributed by atoms with Crippen LogP contribution in [0.15, 0.2) is 85.2 Å². The molecule has 0 N–H and O–H groups in total. The lowest BCUT2D eigenvalue weighted by Crippen LogP contribution is -1.96. The van der Waals surface area contributed by atoms with Gasteiger partial charge in [-0.2, -0.15) is 0 Å². The third kappa shape index (κ3) is 4.58. The van der Waals surface area contributed by atoms with Gasteiger partial charge in [-0.1, -0.05) is 30.3 Å². The summed E-state index contributed by atoms with van der Waals surface area (Å²) in [6.07, 6.45) is 3.96. The van der Waals surface area contributed by atoms with Crippen LogP contribution in [0.5, 0.6) is 17.2 Å². The Hall–Kier alpha value is -3.73. The Morgan fingerprint density at radius 2 is 1.55 bits per heavy atom. The molecular formula is C24H19FN2O2. The van der Waals surface area contributed by atoms with Gasteiger partial charge in [0.2, 0.25) is 0 Å². The second-order valence-corrected chi connectivity index (χ2v) is 6.49. The summed E-state index contributed by atoms with van der Waals surface area (Å²) in [5.41, 5.74) is 3.16. The average Bonchev–Trinajstić information content (AvgIpc) is 2.77. The Kier molecular flexibility index (Phi) is 5.47. The molecule has 0 aliphatic heterocycles. The molecule has 3 aromatic carbocycles. The molecule has 0 saturated heterocycles. The van der Waals surface area contributed by atoms with E-state index in [9.17, 15) is 4.39 Å². The van der Waals surface area contributed by atoms with E-state index in [1.807, 2.05) is 36.4 Å². The summed E-state index contributed by atoms with van der Waals surface area (Å²) in [5.74, 6) is 2.12. The number of nitrogens with zero attached hydrogens (tertiary/aromatic N) is 2. The van der Waals surface area contributed by atoms with Gasteiger partial charge in [-0.3, -0.25) is 0 Å². The summed E-state index contributed by atoms with van der Waals surface area (Å²) < 4.78 is 24.2. The number of aromatic nitrogens is 2. The van der Waals surface area contributed by atoms with Gasteiger partial charge >= 0.3 is 0 Å². The molecule has 4 aromatic rings. The van der Waals surface area contributed by atoms with Crippen LogP contribution >= 0.6 is 0 Å². The van der Waals surface area contributed by atoms with Crippen LogP contribution in [0.4, 0.5) is 4.39 Å². The first kappa shape index (κ1) is 18.6. The fourth-order valence-electron chi connectivity index (χ4n) is 3.03. The molecule has 0 saturated carbocycles. The number of ether oxygens (including phenoxy) is 2. The lowest BCUT2D eigenvalue weighted by molar-refractivity contribution is 0.410. The number of benzene rings is 3. The van der Waals surface area contributed by atoms with Crippen LogP contribution in [0, 0.1) is 5.82 Å². The molecule has 0 unspecified atom stereocenters. The summed E-state index contributed by atoms with van der Waals surface area (Å²) in [7, 11) is 1.67. The molecule has 0 radical (unpaired) electrons. The quantitative estimate of drug-likeness (QED) is 0.428. The van der Waals surface area contributed by atoms with E-state index in [-0.39, 0.29) is 5.82 Å². The minimum absolute atomic E-state index is 0.310. The van der Waals surface area contributed by atoms with Crippen LogP contribution in [0.2, 0.25) is 0 Å². The molecule has 4 nitrogen and oxygen atoms in total. The molecule has 0 aliphatic rings. The van der Waals surface area contributed by atoms with Gasteiger partial charge in [0, 0.05) is 12.0 Å². The van der Waals surface area contributed by atoms with Crippen LogP contribution in [-0.4, -0.2) is 17.1 Å². The van der Waals surface area contributed by atoms with Crippen molar-refractivity contribution in [3.8, 4) is 28.6 Å². The topological polar surface area (TPSA) is 44.2 Å². The molecule has 0 aliphatic carbocycles. The first-order valence-electron chi connectivity index (χ1n) is 9.18. The first-order valence-corrected chi connectivity index (χ1v) is 9.18. The monoisotopic (exact) mass is 386 g/mol. The molecule has 1 heterocycles. The van der Waals surface area contributed by atoms with E-state index in [1.165, 1.54) is 17.7 Å². The van der Waals surface area contributed by atoms with Gasteiger partial charge in [0.1, 0.15) is 17.3 Å². The molecule has 5 heteroatoms. The molecule has 144 valence electrons. The SMILES string of the molecule is COc1ccc(-c2ncc(Oc3ccc(F)cc3)cn2)cc1Cc1ccccc1. The van der Waals surface area contributed by atoms with Gasteiger partial charge in [-0.25, -0.2) is 14.4 Å². The summed E-state index contributed by atoms with van der Waals surface area (Å²) in [5, 5.41) is 0. The molecule has 4 rings (SSSR count). The van der Waals surface area contributed by atoms with E-state index < -0.39 is 0 Å². The highest BCUT2D eigenvalue weighted by Gasteiger charge is 2.09. The Morgan fingerprint density at radius 1 is 0.828 bits per heavy atom. The lowest BCUT2D eigenvalue weighted by Gasteiger charge is -2.11. The zero-order chi connectivity index (χ0) is 20.1. The van der Waals surface area contributed by atoms with E-state index in [0.29, 0.717) is 17.3 Å². The van der Waals surface area contributed by atoms with Gasteiger partial charge in [-0.15, -0.1) is 0 Å². The fraction of sp³-hybridized carbons (Fsp3) is 0.0833. The number of halogens is 1. The van der Waals surface area contributed by atoms with Crippen LogP contribution in [0.25, 0.3) is 11.4 Å². The fourth-order valence-corrected chi connectivity index (χ4v) is 3.03. The average molecular weight is 386 g/mol. The smallest absolute Gasteiger partial charge is 0.164 e. The maximum absolute atomic E-state index is 13.0. The molecule has 1 aromatic heterocycles. The highest BCUT2D eigenvalue weighted by molar-refractivity contribution is 5.59. The third-order valence-corrected chi connectivity index (χ3v) is 4.45. The maximum atomic E-state index is 13.0. The van der Waals surface area contributed by atoms with Crippen LogP contribution in [0.1, 0.15) is 11.1 Å². The normalized spacial score (nSPS) is 10.6. The van der Waals surface area contributed by atoms with Crippen molar-refractivity contribution >= 4 is 0 Å². The Bertz CT molecular complexity index is 1080. The standard InChI is InChI=1S/C24H19FN2O2/c1-28-23-12-7-18(14-19(23)13-17-5-3-2-4-6-17)24-26-15-22(16-27-24)29-21-10-8-20(25)9-11-21/h2-12,14-16H,13H2,1H3. The zero-order valence-electron chi connectivity index (χ0n) is 15.9. The van der Waals surface area contributed by atoms with Crippen molar-refractivity contribution in [3.63, 3.8) is 0 Å². The number of methoxy groups -OCH3 is 1. The van der Waals surface area contributed by atoms with Crippen molar-refractivity contribution in [1.82, 2.24) is 9.97 Å². The summed E-state index contributed by atoms with van der Waals surface area (Å²) in [4.78, 5) is 8.83. The minimum Gasteiger partial charge on any atom is -0.496 e. The zero-order valence-corrected chi connectivity index (χ0v) is 15.9. The van der Waals surface area contributed by atoms with E-state index in [2.05, 4.69) is 22.1 Å². The molecule has 29 heavy (non-hydrogen) atoms. The molecule has 0 amide bonds. The molecule has 0 bridgehead atoms. The van der Waals surface area contributed by atoms with E-state index >= 15 is 0 Å². The van der Waals surface area contributed by atoms with E-state index in [0.717, 1.165) is 23.3 Å². The Morgan fingerprint density at radius 3 is 2.24 bits per heavy atom. The predicted octanol–water partition coefficient (Wildman–Crippen LogP) is 5.67. The molecular weight excluding hydrogens is 367 g/mol. The van der Waals surface area contributed by atoms with Crippen molar-refractivity contribution in [1.29, 1.82) is 0 Å². The number of hydrogen-bond acceptors (Lipinski definition) is 4. The van der Waals surface area contributed by atoms with Gasteiger partial charge in [0.15, 0.2) is 11.6 Å². The molecule has 0 fully saturated rings. The summed E-state index contributed by atoms with van der Waals surface area (Å²) in [6, 6.07) is 21.9. The molecule has 0 spiro atoms. The van der Waals surface area contributed by atoms with Crippen LogP contribution in [0.3, 0.4) is 0 Å². The van der Waals surface area contributed by atoms with Crippen molar-refractivity contribution in [3.05, 3.63) is 102 Å². The van der Waals surface area contributed by atoms with Gasteiger partial charge in [0.25, 0.3) is 0 Å². The number of hydrogen-bond donors (Lipinski definition) is 0. The maximum Gasteiger partial charge on any atom is 0.164 e. The highest BCUT2D eigenvalue weighted by atomic mass is 19.1. The minimum atomic E-state index is -0.310. The lowest BCUT2D eigenvalue weighted by atomic mass is 10.0. The second kappa shape index (κ2) is 8.52. The third-order valence-electron chi connectivity index (χ3n) is 4.45. The second-order valence-electron chi connectivity index (χ2n) is 6.49. The highest BCUT2D eigenvalue weighted by Crippen LogP contribution is 2.28. The van der Waals surface area contributed by atoms with Crippen molar-refractivity contribution in [2.75, 3.05) is 7.11 Å². The van der Waals surface area contributed by atoms with Crippen molar-refractivity contribution < 1.29 is 13.9 Å². The first-order chi connectivity index (χ1) is 14.2.